The Kier molecular flexibility index (Phi) is 5.44. The fourth-order valence-corrected chi connectivity index (χ4v) is 4.31. The van der Waals surface area contributed by atoms with E-state index in [0.29, 0.717) is 0 Å². The largest absolute Gasteiger partial charge is 0.489 e. The van der Waals surface area contributed by atoms with Gasteiger partial charge < -0.3 is 14.4 Å². The molecule has 2 aromatic carbocycles. The molecule has 3 aliphatic rings. The van der Waals surface area contributed by atoms with E-state index in [1.165, 1.54) is 11.6 Å². The SMILES string of the molecule is [2H]C1([2H])c2c(OCc3ccc(CN4CCOCC4)cc3)cccc2C(=O)N1[C@@H]1CCC(=O)NC1=O. The lowest BCUT2D eigenvalue weighted by Gasteiger charge is -2.29. The summed E-state index contributed by atoms with van der Waals surface area (Å²) in [6.45, 7) is 2.15. The molecule has 0 spiro atoms. The smallest absolute Gasteiger partial charge is 0.255 e. The third-order valence-electron chi connectivity index (χ3n) is 6.16. The highest BCUT2D eigenvalue weighted by Crippen LogP contribution is 2.34. The first-order chi connectivity index (χ1) is 16.8. The Morgan fingerprint density at radius 2 is 1.82 bits per heavy atom. The van der Waals surface area contributed by atoms with Crippen LogP contribution in [0.15, 0.2) is 42.5 Å². The van der Waals surface area contributed by atoms with Crippen LogP contribution in [0, 0.1) is 0 Å². The number of morpholine rings is 1. The van der Waals surface area contributed by atoms with E-state index in [1.807, 2.05) is 12.1 Å². The topological polar surface area (TPSA) is 88.2 Å². The summed E-state index contributed by atoms with van der Waals surface area (Å²) in [6.07, 6.45) is 0.133. The number of imide groups is 1. The highest BCUT2D eigenvalue weighted by atomic mass is 16.5. The summed E-state index contributed by atoms with van der Waals surface area (Å²) < 4.78 is 28.8. The van der Waals surface area contributed by atoms with Crippen LogP contribution in [0.1, 0.15) is 42.6 Å². The van der Waals surface area contributed by atoms with E-state index in [4.69, 9.17) is 12.2 Å². The summed E-state index contributed by atoms with van der Waals surface area (Å²) in [5.41, 5.74) is 2.38. The van der Waals surface area contributed by atoms with E-state index in [1.54, 1.807) is 12.1 Å². The van der Waals surface area contributed by atoms with Crippen LogP contribution in [0.25, 0.3) is 0 Å². The molecule has 0 aliphatic carbocycles. The highest BCUT2D eigenvalue weighted by Gasteiger charge is 2.40. The maximum Gasteiger partial charge on any atom is 0.255 e. The molecule has 8 nitrogen and oxygen atoms in total. The molecule has 0 unspecified atom stereocenters. The Bertz CT molecular complexity index is 1150. The normalized spacial score (nSPS) is 23.6. The minimum Gasteiger partial charge on any atom is -0.489 e. The molecule has 3 heterocycles. The van der Waals surface area contributed by atoms with Crippen LogP contribution in [0.4, 0.5) is 0 Å². The van der Waals surface area contributed by atoms with Crippen LogP contribution in [-0.4, -0.2) is 59.9 Å². The second-order valence-electron chi connectivity index (χ2n) is 8.43. The van der Waals surface area contributed by atoms with Crippen LogP contribution in [0.5, 0.6) is 5.75 Å². The van der Waals surface area contributed by atoms with E-state index >= 15 is 0 Å². The van der Waals surface area contributed by atoms with Crippen molar-refractivity contribution in [2.45, 2.75) is 38.5 Å². The molecule has 3 aliphatic heterocycles. The Morgan fingerprint density at radius 1 is 1.06 bits per heavy atom. The molecule has 1 N–H and O–H groups in total. The minimum absolute atomic E-state index is 0.0531. The van der Waals surface area contributed by atoms with Crippen LogP contribution in [0.3, 0.4) is 0 Å². The van der Waals surface area contributed by atoms with Crippen molar-refractivity contribution in [2.75, 3.05) is 26.3 Å². The van der Waals surface area contributed by atoms with Gasteiger partial charge in [0.2, 0.25) is 11.8 Å². The summed E-state index contributed by atoms with van der Waals surface area (Å²) in [5.74, 6) is -1.41. The van der Waals surface area contributed by atoms with Gasteiger partial charge in [0.15, 0.2) is 0 Å². The van der Waals surface area contributed by atoms with Crippen molar-refractivity contribution in [3.05, 3.63) is 64.7 Å². The Balaban J connectivity index is 1.31. The molecule has 172 valence electrons. The van der Waals surface area contributed by atoms with Gasteiger partial charge in [0, 0.05) is 37.2 Å². The predicted octanol–water partition coefficient (Wildman–Crippen LogP) is 1.86. The average Bonchev–Trinajstić information content (AvgIpc) is 3.05. The lowest BCUT2D eigenvalue weighted by atomic mass is 10.0. The number of hydrogen-bond donors (Lipinski definition) is 1. The van der Waals surface area contributed by atoms with Crippen molar-refractivity contribution in [1.29, 1.82) is 0 Å². The van der Waals surface area contributed by atoms with Crippen molar-refractivity contribution < 1.29 is 26.6 Å². The maximum absolute atomic E-state index is 13.1. The molecular weight excluding hydrogens is 422 g/mol. The lowest BCUT2D eigenvalue weighted by Crippen LogP contribution is -2.52. The molecule has 0 saturated carbocycles. The Morgan fingerprint density at radius 3 is 2.58 bits per heavy atom. The minimum atomic E-state index is -2.26. The molecule has 0 aromatic heterocycles. The zero-order valence-corrected chi connectivity index (χ0v) is 18.2. The van der Waals surface area contributed by atoms with Crippen molar-refractivity contribution in [1.82, 2.24) is 15.1 Å². The summed E-state index contributed by atoms with van der Waals surface area (Å²) in [5, 5.41) is 2.20. The fraction of sp³-hybridized carbons (Fsp3) is 0.400. The number of benzene rings is 2. The second kappa shape index (κ2) is 9.33. The monoisotopic (exact) mass is 451 g/mol. The van der Waals surface area contributed by atoms with Gasteiger partial charge in [-0.25, -0.2) is 0 Å². The number of hydrogen-bond acceptors (Lipinski definition) is 6. The van der Waals surface area contributed by atoms with Crippen molar-refractivity contribution in [3.8, 4) is 5.75 Å². The van der Waals surface area contributed by atoms with Crippen molar-refractivity contribution in [3.63, 3.8) is 0 Å². The summed E-state index contributed by atoms with van der Waals surface area (Å²) in [7, 11) is 0. The molecule has 3 amide bonds. The number of nitrogens with zero attached hydrogens (tertiary/aromatic N) is 2. The molecule has 2 fully saturated rings. The number of ether oxygens (including phenoxy) is 2. The van der Waals surface area contributed by atoms with Gasteiger partial charge in [0.05, 0.1) is 22.5 Å². The second-order valence-corrected chi connectivity index (χ2v) is 8.43. The highest BCUT2D eigenvalue weighted by molar-refractivity contribution is 6.05. The zero-order valence-electron chi connectivity index (χ0n) is 20.2. The van der Waals surface area contributed by atoms with Crippen molar-refractivity contribution >= 4 is 17.7 Å². The van der Waals surface area contributed by atoms with Crippen LogP contribution < -0.4 is 10.1 Å². The van der Waals surface area contributed by atoms with Gasteiger partial charge >= 0.3 is 0 Å². The van der Waals surface area contributed by atoms with Gasteiger partial charge in [-0.1, -0.05) is 30.3 Å². The summed E-state index contributed by atoms with van der Waals surface area (Å²) in [4.78, 5) is 40.3. The van der Waals surface area contributed by atoms with E-state index in [-0.39, 0.29) is 36.3 Å². The molecule has 8 heteroatoms. The quantitative estimate of drug-likeness (QED) is 0.675. The maximum atomic E-state index is 13.1. The third kappa shape index (κ3) is 4.62. The number of carbonyl (C=O) groups is 3. The first-order valence-corrected chi connectivity index (χ1v) is 11.2. The fourth-order valence-electron chi connectivity index (χ4n) is 4.31. The lowest BCUT2D eigenvalue weighted by molar-refractivity contribution is -0.136. The van der Waals surface area contributed by atoms with Gasteiger partial charge in [0.25, 0.3) is 5.91 Å². The summed E-state index contributed by atoms with van der Waals surface area (Å²) in [6, 6.07) is 11.8. The van der Waals surface area contributed by atoms with Crippen LogP contribution in [0.2, 0.25) is 0 Å². The van der Waals surface area contributed by atoms with Gasteiger partial charge in [-0.15, -0.1) is 0 Å². The number of piperidine rings is 1. The van der Waals surface area contributed by atoms with Crippen LogP contribution >= 0.6 is 0 Å². The molecule has 0 radical (unpaired) electrons. The average molecular weight is 452 g/mol. The van der Waals surface area contributed by atoms with Gasteiger partial charge in [-0.3, -0.25) is 24.6 Å². The summed E-state index contributed by atoms with van der Waals surface area (Å²) >= 11 is 0. The number of carbonyl (C=O) groups excluding carboxylic acids is 3. The Hall–Kier alpha value is -3.23. The van der Waals surface area contributed by atoms with Gasteiger partial charge in [0.1, 0.15) is 18.4 Å². The molecule has 2 saturated heterocycles. The molecule has 1 atom stereocenters. The van der Waals surface area contributed by atoms with Gasteiger partial charge in [-0.2, -0.15) is 0 Å². The number of nitrogens with one attached hydrogen (secondary N) is 1. The number of rotatable bonds is 6. The molecule has 5 rings (SSSR count). The number of amides is 3. The zero-order chi connectivity index (χ0) is 24.6. The van der Waals surface area contributed by atoms with E-state index in [9.17, 15) is 14.4 Å². The molecular formula is C25H27N3O5. The number of fused-ring (bicyclic) bond motifs is 1. The van der Waals surface area contributed by atoms with Crippen molar-refractivity contribution in [2.24, 2.45) is 0 Å². The van der Waals surface area contributed by atoms with Gasteiger partial charge in [-0.05, 0) is 29.7 Å². The first kappa shape index (κ1) is 19.3. The molecule has 0 bridgehead atoms. The predicted molar refractivity (Wildman–Crippen MR) is 119 cm³/mol. The Labute approximate surface area is 195 Å². The standard InChI is InChI=1S/C25H27N3O5/c29-23-9-8-21(24(30)26-23)28-15-20-19(25(28)31)2-1-3-22(20)33-16-18-6-4-17(5-7-18)14-27-10-12-32-13-11-27/h1-7,21H,8-16H2,(H,26,29,30)/t21-/m1/s1/i15D2. The third-order valence-corrected chi connectivity index (χ3v) is 6.16. The first-order valence-electron chi connectivity index (χ1n) is 12.2. The van der Waals surface area contributed by atoms with E-state index in [0.717, 1.165) is 43.3 Å². The molecule has 2 aromatic rings. The van der Waals surface area contributed by atoms with E-state index < -0.39 is 30.3 Å². The van der Waals surface area contributed by atoms with Crippen LogP contribution in [-0.2, 0) is 34.0 Å². The van der Waals surface area contributed by atoms with E-state index in [2.05, 4.69) is 22.3 Å². The molecule has 33 heavy (non-hydrogen) atoms.